The van der Waals surface area contributed by atoms with Crippen molar-refractivity contribution in [3.05, 3.63) is 34.9 Å². The second-order valence-corrected chi connectivity index (χ2v) is 4.01. The highest BCUT2D eigenvalue weighted by Gasteiger charge is 2.23. The molecule has 13 heavy (non-hydrogen) atoms. The average Bonchev–Trinajstić information content (AvgIpc) is 3.00. The Labute approximate surface area is 81.0 Å². The van der Waals surface area contributed by atoms with Crippen molar-refractivity contribution in [2.75, 3.05) is 0 Å². The van der Waals surface area contributed by atoms with Crippen molar-refractivity contribution >= 4 is 0 Å². The maximum Gasteiger partial charge on any atom is -0.0161 e. The van der Waals surface area contributed by atoms with E-state index < -0.39 is 0 Å². The van der Waals surface area contributed by atoms with Gasteiger partial charge in [-0.15, -0.1) is 0 Å². The van der Waals surface area contributed by atoms with E-state index in [2.05, 4.69) is 32.0 Å². The van der Waals surface area contributed by atoms with Crippen LogP contribution in [0.4, 0.5) is 0 Å². The van der Waals surface area contributed by atoms with Gasteiger partial charge in [-0.1, -0.05) is 32.0 Å². The Morgan fingerprint density at radius 1 is 1.08 bits per heavy atom. The minimum Gasteiger partial charge on any atom is -0.0613 e. The molecular formula is C13H18. The van der Waals surface area contributed by atoms with Crippen LogP contribution in [0, 0.1) is 0 Å². The summed E-state index contributed by atoms with van der Waals surface area (Å²) >= 11 is 0. The van der Waals surface area contributed by atoms with E-state index in [1.54, 1.807) is 11.1 Å². The van der Waals surface area contributed by atoms with Gasteiger partial charge in [-0.25, -0.2) is 0 Å². The lowest BCUT2D eigenvalue weighted by atomic mass is 9.98. The molecule has 0 aliphatic heterocycles. The molecule has 0 heterocycles. The molecule has 1 fully saturated rings. The molecule has 1 aliphatic rings. The highest BCUT2D eigenvalue weighted by atomic mass is 14.3. The Balaban J connectivity index is 2.31. The monoisotopic (exact) mass is 174 g/mol. The molecular weight excluding hydrogens is 156 g/mol. The van der Waals surface area contributed by atoms with Crippen molar-refractivity contribution in [3.8, 4) is 0 Å². The van der Waals surface area contributed by atoms with E-state index in [4.69, 9.17) is 0 Å². The molecule has 0 heteroatoms. The second kappa shape index (κ2) is 3.53. The number of rotatable bonds is 3. The molecule has 0 amide bonds. The maximum atomic E-state index is 2.43. The van der Waals surface area contributed by atoms with Gasteiger partial charge in [-0.05, 0) is 48.3 Å². The summed E-state index contributed by atoms with van der Waals surface area (Å²) in [6, 6.07) is 7.08. The van der Waals surface area contributed by atoms with Crippen LogP contribution in [0.25, 0.3) is 0 Å². The Morgan fingerprint density at radius 2 is 1.77 bits per heavy atom. The van der Waals surface area contributed by atoms with Crippen LogP contribution in [-0.2, 0) is 12.8 Å². The Kier molecular flexibility index (Phi) is 2.39. The van der Waals surface area contributed by atoms with Crippen LogP contribution in [-0.4, -0.2) is 0 Å². The van der Waals surface area contributed by atoms with Crippen molar-refractivity contribution in [2.45, 2.75) is 45.4 Å². The van der Waals surface area contributed by atoms with E-state index in [1.807, 2.05) is 0 Å². The molecule has 0 radical (unpaired) electrons. The van der Waals surface area contributed by atoms with Crippen LogP contribution in [0.1, 0.15) is 49.3 Å². The molecule has 0 atom stereocenters. The van der Waals surface area contributed by atoms with Gasteiger partial charge in [-0.3, -0.25) is 0 Å². The quantitative estimate of drug-likeness (QED) is 0.655. The SMILES string of the molecule is CCc1ccc(C2CC2)cc1CC. The van der Waals surface area contributed by atoms with E-state index in [0.717, 1.165) is 5.92 Å². The Bertz CT molecular complexity index is 295. The largest absolute Gasteiger partial charge is 0.0613 e. The minimum absolute atomic E-state index is 0.899. The summed E-state index contributed by atoms with van der Waals surface area (Å²) in [5.41, 5.74) is 4.67. The molecule has 0 nitrogen and oxygen atoms in total. The van der Waals surface area contributed by atoms with Crippen LogP contribution in [0.3, 0.4) is 0 Å². The zero-order valence-electron chi connectivity index (χ0n) is 8.64. The highest BCUT2D eigenvalue weighted by molar-refractivity contribution is 5.35. The van der Waals surface area contributed by atoms with E-state index in [9.17, 15) is 0 Å². The molecule has 70 valence electrons. The summed E-state index contributed by atoms with van der Waals surface area (Å²) in [4.78, 5) is 0. The van der Waals surface area contributed by atoms with Gasteiger partial charge in [0.1, 0.15) is 0 Å². The van der Waals surface area contributed by atoms with Crippen molar-refractivity contribution < 1.29 is 0 Å². The maximum absolute atomic E-state index is 2.43. The number of hydrogen-bond acceptors (Lipinski definition) is 0. The van der Waals surface area contributed by atoms with Gasteiger partial charge in [0.25, 0.3) is 0 Å². The van der Waals surface area contributed by atoms with Gasteiger partial charge in [0, 0.05) is 0 Å². The molecule has 0 unspecified atom stereocenters. The smallest absolute Gasteiger partial charge is 0.0161 e. The van der Waals surface area contributed by atoms with Crippen molar-refractivity contribution in [2.24, 2.45) is 0 Å². The summed E-state index contributed by atoms with van der Waals surface area (Å²) < 4.78 is 0. The summed E-state index contributed by atoms with van der Waals surface area (Å²) in [6.45, 7) is 4.50. The van der Waals surface area contributed by atoms with Crippen LogP contribution in [0.15, 0.2) is 18.2 Å². The topological polar surface area (TPSA) is 0 Å². The van der Waals surface area contributed by atoms with Gasteiger partial charge < -0.3 is 0 Å². The van der Waals surface area contributed by atoms with Gasteiger partial charge in [0.15, 0.2) is 0 Å². The Hall–Kier alpha value is -0.780. The molecule has 1 saturated carbocycles. The van der Waals surface area contributed by atoms with E-state index >= 15 is 0 Å². The molecule has 0 saturated heterocycles. The molecule has 0 N–H and O–H groups in total. The van der Waals surface area contributed by atoms with Crippen LogP contribution >= 0.6 is 0 Å². The number of benzene rings is 1. The summed E-state index contributed by atoms with van der Waals surface area (Å²) in [5.74, 6) is 0.899. The standard InChI is InChI=1S/C13H18/c1-3-10-5-8-13(12-6-7-12)9-11(10)4-2/h5,8-9,12H,3-4,6-7H2,1-2H3. The minimum atomic E-state index is 0.899. The van der Waals surface area contributed by atoms with Crippen molar-refractivity contribution in [1.82, 2.24) is 0 Å². The zero-order chi connectivity index (χ0) is 9.26. The first-order valence-corrected chi connectivity index (χ1v) is 5.46. The molecule has 1 aromatic carbocycles. The van der Waals surface area contributed by atoms with Gasteiger partial charge >= 0.3 is 0 Å². The van der Waals surface area contributed by atoms with Gasteiger partial charge in [0.2, 0.25) is 0 Å². The fraction of sp³-hybridized carbons (Fsp3) is 0.538. The fourth-order valence-electron chi connectivity index (χ4n) is 1.99. The lowest BCUT2D eigenvalue weighted by Gasteiger charge is -2.07. The molecule has 0 spiro atoms. The second-order valence-electron chi connectivity index (χ2n) is 4.01. The van der Waals surface area contributed by atoms with Gasteiger partial charge in [0.05, 0.1) is 0 Å². The third-order valence-corrected chi connectivity index (χ3v) is 3.04. The summed E-state index contributed by atoms with van der Waals surface area (Å²) in [6.07, 6.45) is 5.18. The predicted octanol–water partition coefficient (Wildman–Crippen LogP) is 3.69. The first kappa shape index (κ1) is 8.80. The summed E-state index contributed by atoms with van der Waals surface area (Å²) in [5, 5.41) is 0. The number of hydrogen-bond donors (Lipinski definition) is 0. The van der Waals surface area contributed by atoms with E-state index in [0.29, 0.717) is 0 Å². The van der Waals surface area contributed by atoms with E-state index in [-0.39, 0.29) is 0 Å². The Morgan fingerprint density at radius 3 is 2.31 bits per heavy atom. The normalized spacial score (nSPS) is 16.2. The molecule has 0 bridgehead atoms. The lowest BCUT2D eigenvalue weighted by molar-refractivity contribution is 1.01. The van der Waals surface area contributed by atoms with Crippen molar-refractivity contribution in [3.63, 3.8) is 0 Å². The van der Waals surface area contributed by atoms with Crippen LogP contribution in [0.5, 0.6) is 0 Å². The summed E-state index contributed by atoms with van der Waals surface area (Å²) in [7, 11) is 0. The molecule has 2 rings (SSSR count). The lowest BCUT2D eigenvalue weighted by Crippen LogP contribution is -1.92. The van der Waals surface area contributed by atoms with E-state index in [1.165, 1.54) is 31.2 Å². The number of aryl methyl sites for hydroxylation is 2. The highest BCUT2D eigenvalue weighted by Crippen LogP contribution is 2.40. The average molecular weight is 174 g/mol. The third kappa shape index (κ3) is 1.77. The first-order valence-electron chi connectivity index (χ1n) is 5.46. The van der Waals surface area contributed by atoms with Crippen molar-refractivity contribution in [1.29, 1.82) is 0 Å². The third-order valence-electron chi connectivity index (χ3n) is 3.04. The van der Waals surface area contributed by atoms with Crippen LogP contribution in [0.2, 0.25) is 0 Å². The molecule has 1 aromatic rings. The fourth-order valence-corrected chi connectivity index (χ4v) is 1.99. The molecule has 1 aliphatic carbocycles. The zero-order valence-corrected chi connectivity index (χ0v) is 8.64. The first-order chi connectivity index (χ1) is 6.35. The van der Waals surface area contributed by atoms with Gasteiger partial charge in [-0.2, -0.15) is 0 Å². The van der Waals surface area contributed by atoms with Crippen LogP contribution < -0.4 is 0 Å². The predicted molar refractivity (Wildman–Crippen MR) is 57.2 cm³/mol. The molecule has 0 aromatic heterocycles.